The zero-order valence-electron chi connectivity index (χ0n) is 14.7. The van der Waals surface area contributed by atoms with E-state index in [9.17, 15) is 4.39 Å². The Morgan fingerprint density at radius 3 is 2.64 bits per heavy atom. The van der Waals surface area contributed by atoms with Crippen molar-refractivity contribution in [1.29, 1.82) is 5.41 Å². The SMILES string of the molecule is N=Cc1c(N)ncnc1-c1ccc2nc(NCc3ccc(F)cc3)cnc2c1. The molecule has 2 aromatic heterocycles. The minimum Gasteiger partial charge on any atom is -0.383 e. The summed E-state index contributed by atoms with van der Waals surface area (Å²) in [5.41, 5.74) is 10.0. The minimum atomic E-state index is -0.262. The summed E-state index contributed by atoms with van der Waals surface area (Å²) in [4.78, 5) is 17.2. The van der Waals surface area contributed by atoms with Crippen LogP contribution in [0, 0.1) is 11.2 Å². The molecule has 4 aromatic rings. The van der Waals surface area contributed by atoms with Crippen LogP contribution in [0.2, 0.25) is 0 Å². The van der Waals surface area contributed by atoms with Crippen LogP contribution in [0.25, 0.3) is 22.3 Å². The molecule has 2 aromatic carbocycles. The highest BCUT2D eigenvalue weighted by Gasteiger charge is 2.11. The molecule has 0 amide bonds. The van der Waals surface area contributed by atoms with Crippen molar-refractivity contribution in [3.8, 4) is 11.3 Å². The molecule has 4 rings (SSSR count). The van der Waals surface area contributed by atoms with E-state index in [0.717, 1.165) is 17.3 Å². The van der Waals surface area contributed by atoms with Gasteiger partial charge in [-0.15, -0.1) is 0 Å². The maximum atomic E-state index is 13.0. The van der Waals surface area contributed by atoms with Crippen LogP contribution in [0.5, 0.6) is 0 Å². The van der Waals surface area contributed by atoms with Gasteiger partial charge in [-0.2, -0.15) is 0 Å². The van der Waals surface area contributed by atoms with Crippen molar-refractivity contribution in [2.75, 3.05) is 11.1 Å². The quantitative estimate of drug-likeness (QED) is 0.462. The van der Waals surface area contributed by atoms with E-state index >= 15 is 0 Å². The molecule has 0 unspecified atom stereocenters. The fourth-order valence-electron chi connectivity index (χ4n) is 2.82. The number of halogens is 1. The van der Waals surface area contributed by atoms with E-state index < -0.39 is 0 Å². The predicted molar refractivity (Wildman–Crippen MR) is 107 cm³/mol. The van der Waals surface area contributed by atoms with Gasteiger partial charge in [0.2, 0.25) is 0 Å². The molecule has 138 valence electrons. The highest BCUT2D eigenvalue weighted by Crippen LogP contribution is 2.25. The fourth-order valence-corrected chi connectivity index (χ4v) is 2.82. The van der Waals surface area contributed by atoms with Crippen molar-refractivity contribution in [2.24, 2.45) is 0 Å². The molecule has 0 bridgehead atoms. The lowest BCUT2D eigenvalue weighted by atomic mass is 10.1. The van der Waals surface area contributed by atoms with Crippen LogP contribution in [-0.4, -0.2) is 26.2 Å². The van der Waals surface area contributed by atoms with Gasteiger partial charge in [-0.25, -0.2) is 19.3 Å². The van der Waals surface area contributed by atoms with Gasteiger partial charge in [-0.05, 0) is 29.8 Å². The van der Waals surface area contributed by atoms with Crippen LogP contribution in [0.15, 0.2) is 55.0 Å². The third kappa shape index (κ3) is 3.48. The molecule has 7 nitrogen and oxygen atoms in total. The summed E-state index contributed by atoms with van der Waals surface area (Å²) in [5, 5.41) is 10.7. The van der Waals surface area contributed by atoms with Crippen molar-refractivity contribution < 1.29 is 4.39 Å². The second-order valence-corrected chi connectivity index (χ2v) is 6.10. The first-order chi connectivity index (χ1) is 13.6. The molecule has 4 N–H and O–H groups in total. The van der Waals surface area contributed by atoms with Crippen molar-refractivity contribution in [3.05, 3.63) is 71.9 Å². The monoisotopic (exact) mass is 373 g/mol. The molecular formula is C20H16FN7. The van der Waals surface area contributed by atoms with Crippen molar-refractivity contribution in [1.82, 2.24) is 19.9 Å². The van der Waals surface area contributed by atoms with Crippen LogP contribution in [-0.2, 0) is 6.54 Å². The van der Waals surface area contributed by atoms with E-state index in [4.69, 9.17) is 11.1 Å². The van der Waals surface area contributed by atoms with Gasteiger partial charge in [-0.1, -0.05) is 18.2 Å². The molecule has 0 fully saturated rings. The van der Waals surface area contributed by atoms with E-state index in [-0.39, 0.29) is 11.6 Å². The lowest BCUT2D eigenvalue weighted by molar-refractivity contribution is 0.627. The normalized spacial score (nSPS) is 10.8. The highest BCUT2D eigenvalue weighted by atomic mass is 19.1. The first-order valence-electron chi connectivity index (χ1n) is 8.50. The summed E-state index contributed by atoms with van der Waals surface area (Å²) in [6.45, 7) is 0.515. The number of fused-ring (bicyclic) bond motifs is 1. The zero-order valence-corrected chi connectivity index (χ0v) is 14.7. The summed E-state index contributed by atoms with van der Waals surface area (Å²) in [6, 6.07) is 11.8. The van der Waals surface area contributed by atoms with Crippen molar-refractivity contribution in [2.45, 2.75) is 6.54 Å². The standard InChI is InChI=1S/C20H16FN7/c21-14-4-1-12(2-5-14)9-25-18-10-24-17-7-13(3-6-16(17)28-18)19-15(8-22)20(23)27-11-26-19/h1-8,10-11,22H,9H2,(H,25,28)(H2,23,26,27). The summed E-state index contributed by atoms with van der Waals surface area (Å²) in [6.07, 6.45) is 4.15. The molecule has 0 atom stereocenters. The molecule has 0 radical (unpaired) electrons. The Morgan fingerprint density at radius 1 is 1.04 bits per heavy atom. The summed E-state index contributed by atoms with van der Waals surface area (Å²) in [7, 11) is 0. The molecular weight excluding hydrogens is 357 g/mol. The van der Waals surface area contributed by atoms with Crippen LogP contribution in [0.4, 0.5) is 16.0 Å². The van der Waals surface area contributed by atoms with Gasteiger partial charge in [0.25, 0.3) is 0 Å². The minimum absolute atomic E-state index is 0.256. The van der Waals surface area contributed by atoms with E-state index in [1.807, 2.05) is 18.2 Å². The van der Waals surface area contributed by atoms with Crippen molar-refractivity contribution >= 4 is 28.9 Å². The summed E-state index contributed by atoms with van der Waals surface area (Å²) < 4.78 is 13.0. The Labute approximate surface area is 160 Å². The van der Waals surface area contributed by atoms with E-state index in [1.54, 1.807) is 18.3 Å². The molecule has 0 saturated heterocycles. The fraction of sp³-hybridized carbons (Fsp3) is 0.0500. The van der Waals surface area contributed by atoms with Gasteiger partial charge in [0.1, 0.15) is 23.8 Å². The molecule has 0 saturated carbocycles. The average molecular weight is 373 g/mol. The largest absolute Gasteiger partial charge is 0.383 e. The Bertz CT molecular complexity index is 1160. The smallest absolute Gasteiger partial charge is 0.145 e. The van der Waals surface area contributed by atoms with Crippen LogP contribution >= 0.6 is 0 Å². The summed E-state index contributed by atoms with van der Waals surface area (Å²) in [5.74, 6) is 0.615. The molecule has 8 heteroatoms. The molecule has 0 aliphatic heterocycles. The lowest BCUT2D eigenvalue weighted by Crippen LogP contribution is -2.03. The molecule has 0 spiro atoms. The van der Waals surface area contributed by atoms with Gasteiger partial charge in [0.15, 0.2) is 0 Å². The predicted octanol–water partition coefficient (Wildman–Crippen LogP) is 3.42. The van der Waals surface area contributed by atoms with Crippen LogP contribution in [0.3, 0.4) is 0 Å². The van der Waals surface area contributed by atoms with E-state index in [1.165, 1.54) is 18.5 Å². The second-order valence-electron chi connectivity index (χ2n) is 6.10. The number of aromatic nitrogens is 4. The number of benzene rings is 2. The number of hydrogen-bond donors (Lipinski definition) is 3. The second kappa shape index (κ2) is 7.36. The number of nitrogens with zero attached hydrogens (tertiary/aromatic N) is 4. The van der Waals surface area contributed by atoms with Gasteiger partial charge in [0.05, 0.1) is 28.5 Å². The van der Waals surface area contributed by atoms with Gasteiger partial charge < -0.3 is 16.5 Å². The number of anilines is 2. The number of nitrogen functional groups attached to an aromatic ring is 1. The molecule has 0 aliphatic carbocycles. The average Bonchev–Trinajstić information content (AvgIpc) is 2.72. The van der Waals surface area contributed by atoms with Gasteiger partial charge in [0, 0.05) is 18.3 Å². The van der Waals surface area contributed by atoms with Crippen LogP contribution in [0.1, 0.15) is 11.1 Å². The maximum Gasteiger partial charge on any atom is 0.145 e. The van der Waals surface area contributed by atoms with Gasteiger partial charge >= 0.3 is 0 Å². The topological polar surface area (TPSA) is 113 Å². The van der Waals surface area contributed by atoms with E-state index in [0.29, 0.717) is 34.7 Å². The maximum absolute atomic E-state index is 13.0. The first kappa shape index (κ1) is 17.5. The van der Waals surface area contributed by atoms with Gasteiger partial charge in [-0.3, -0.25) is 4.98 Å². The van der Waals surface area contributed by atoms with E-state index in [2.05, 4.69) is 25.3 Å². The molecule has 0 aliphatic rings. The Balaban J connectivity index is 1.60. The first-order valence-corrected chi connectivity index (χ1v) is 8.50. The van der Waals surface area contributed by atoms with Crippen molar-refractivity contribution in [3.63, 3.8) is 0 Å². The Morgan fingerprint density at radius 2 is 1.86 bits per heavy atom. The highest BCUT2D eigenvalue weighted by molar-refractivity contribution is 5.93. The lowest BCUT2D eigenvalue weighted by Gasteiger charge is -2.09. The van der Waals surface area contributed by atoms with Crippen LogP contribution < -0.4 is 11.1 Å². The Hall–Kier alpha value is -3.94. The number of nitrogens with two attached hydrogens (primary N) is 1. The number of hydrogen-bond acceptors (Lipinski definition) is 7. The number of rotatable bonds is 5. The summed E-state index contributed by atoms with van der Waals surface area (Å²) >= 11 is 0. The third-order valence-electron chi connectivity index (χ3n) is 4.26. The molecule has 2 heterocycles. The zero-order chi connectivity index (χ0) is 19.5. The Kier molecular flexibility index (Phi) is 4.59. The number of nitrogens with one attached hydrogen (secondary N) is 2. The third-order valence-corrected chi connectivity index (χ3v) is 4.26. The molecule has 28 heavy (non-hydrogen) atoms.